The van der Waals surface area contributed by atoms with Gasteiger partial charge < -0.3 is 14.5 Å². The number of hydrogen-bond acceptors (Lipinski definition) is 4. The van der Waals surface area contributed by atoms with Crippen LogP contribution < -0.4 is 9.64 Å². The molecule has 1 aliphatic heterocycles. The third-order valence-electron chi connectivity index (χ3n) is 6.13. The summed E-state index contributed by atoms with van der Waals surface area (Å²) >= 11 is 1.59. The molecular weight excluding hydrogens is 432 g/mol. The number of rotatable bonds is 6. The molecule has 0 bridgehead atoms. The number of likely N-dealkylation sites (N-methyl/N-ethyl adjacent to an activating group) is 1. The molecule has 0 aliphatic carbocycles. The number of hydrogen-bond donors (Lipinski definition) is 0. The Kier molecular flexibility index (Phi) is 6.56. The normalized spacial score (nSPS) is 17.8. The molecule has 1 aromatic heterocycles. The first-order valence-corrected chi connectivity index (χ1v) is 12.1. The van der Waals surface area contributed by atoms with Crippen LogP contribution in [0.15, 0.2) is 60.0 Å². The lowest BCUT2D eigenvalue weighted by molar-refractivity contribution is -0.121. The Bertz CT molecular complexity index is 1160. The zero-order valence-corrected chi connectivity index (χ0v) is 20.6. The summed E-state index contributed by atoms with van der Waals surface area (Å²) in [5.41, 5.74) is 3.15. The molecule has 4 rings (SSSR count). The topological polar surface area (TPSA) is 49.9 Å². The SMILES string of the molecule is COc1ccc(C)cc1N(C)C(=O)[C@H]1c2ccccc2C(=O)N(CC(C)C)[C@@H]1c1cccs1. The number of thiophene rings is 1. The molecule has 172 valence electrons. The van der Waals surface area contributed by atoms with Crippen molar-refractivity contribution < 1.29 is 14.3 Å². The molecule has 2 aromatic carbocycles. The van der Waals surface area contributed by atoms with Gasteiger partial charge in [0.2, 0.25) is 5.91 Å². The zero-order valence-electron chi connectivity index (χ0n) is 19.7. The summed E-state index contributed by atoms with van der Waals surface area (Å²) in [6.45, 7) is 6.77. The van der Waals surface area contributed by atoms with Crippen LogP contribution in [0.4, 0.5) is 5.69 Å². The lowest BCUT2D eigenvalue weighted by atomic mass is 9.80. The van der Waals surface area contributed by atoms with Crippen molar-refractivity contribution in [3.05, 3.63) is 81.5 Å². The number of methoxy groups -OCH3 is 1. The molecular formula is C27H30N2O3S. The summed E-state index contributed by atoms with van der Waals surface area (Å²) in [5, 5.41) is 2.00. The van der Waals surface area contributed by atoms with Crippen LogP contribution in [-0.2, 0) is 4.79 Å². The molecule has 0 unspecified atom stereocenters. The smallest absolute Gasteiger partial charge is 0.254 e. The van der Waals surface area contributed by atoms with E-state index in [1.54, 1.807) is 30.4 Å². The summed E-state index contributed by atoms with van der Waals surface area (Å²) in [6.07, 6.45) is 0. The van der Waals surface area contributed by atoms with Crippen LogP contribution in [0.25, 0.3) is 0 Å². The number of amides is 2. The van der Waals surface area contributed by atoms with Crippen molar-refractivity contribution >= 4 is 28.8 Å². The Balaban J connectivity index is 1.88. The van der Waals surface area contributed by atoms with Gasteiger partial charge in [-0.2, -0.15) is 0 Å². The molecule has 6 heteroatoms. The number of aryl methyl sites for hydroxylation is 1. The second-order valence-corrected chi connectivity index (χ2v) is 9.93. The van der Waals surface area contributed by atoms with Crippen molar-refractivity contribution in [2.24, 2.45) is 5.92 Å². The number of nitrogens with zero attached hydrogens (tertiary/aromatic N) is 2. The third-order valence-corrected chi connectivity index (χ3v) is 7.07. The number of benzene rings is 2. The molecule has 2 amide bonds. The fourth-order valence-corrected chi connectivity index (χ4v) is 5.49. The van der Waals surface area contributed by atoms with Gasteiger partial charge in [0.1, 0.15) is 5.75 Å². The first kappa shape index (κ1) is 23.1. The van der Waals surface area contributed by atoms with Crippen molar-refractivity contribution in [2.75, 3.05) is 25.6 Å². The predicted octanol–water partition coefficient (Wildman–Crippen LogP) is 5.66. The molecule has 2 atom stereocenters. The fraction of sp³-hybridized carbons (Fsp3) is 0.333. The lowest BCUT2D eigenvalue weighted by Crippen LogP contribution is -2.48. The summed E-state index contributed by atoms with van der Waals surface area (Å²) in [7, 11) is 3.40. The van der Waals surface area contributed by atoms with Crippen LogP contribution >= 0.6 is 11.3 Å². The summed E-state index contributed by atoms with van der Waals surface area (Å²) in [6, 6.07) is 17.0. The highest BCUT2D eigenvalue weighted by Crippen LogP contribution is 2.46. The number of ether oxygens (including phenoxy) is 1. The van der Waals surface area contributed by atoms with Gasteiger partial charge in [-0.3, -0.25) is 9.59 Å². The Labute approximate surface area is 199 Å². The maximum Gasteiger partial charge on any atom is 0.254 e. The molecule has 33 heavy (non-hydrogen) atoms. The molecule has 2 heterocycles. The van der Waals surface area contributed by atoms with E-state index < -0.39 is 5.92 Å². The van der Waals surface area contributed by atoms with Crippen LogP contribution in [0.5, 0.6) is 5.75 Å². The zero-order chi connectivity index (χ0) is 23.7. The Morgan fingerprint density at radius 3 is 2.58 bits per heavy atom. The summed E-state index contributed by atoms with van der Waals surface area (Å²) in [5.74, 6) is 0.311. The van der Waals surface area contributed by atoms with Gasteiger partial charge in [0.05, 0.1) is 24.8 Å². The van der Waals surface area contributed by atoms with Crippen LogP contribution in [0.2, 0.25) is 0 Å². The van der Waals surface area contributed by atoms with E-state index in [-0.39, 0.29) is 23.8 Å². The average molecular weight is 463 g/mol. The minimum atomic E-state index is -0.522. The van der Waals surface area contributed by atoms with E-state index in [1.807, 2.05) is 71.8 Å². The van der Waals surface area contributed by atoms with Crippen molar-refractivity contribution in [1.82, 2.24) is 4.90 Å². The van der Waals surface area contributed by atoms with Gasteiger partial charge in [0.25, 0.3) is 5.91 Å². The second kappa shape index (κ2) is 9.40. The van der Waals surface area contributed by atoms with Crippen molar-refractivity contribution in [1.29, 1.82) is 0 Å². The maximum atomic E-state index is 14.2. The monoisotopic (exact) mass is 462 g/mol. The van der Waals surface area contributed by atoms with Crippen LogP contribution in [0.1, 0.15) is 52.2 Å². The van der Waals surface area contributed by atoms with E-state index in [2.05, 4.69) is 13.8 Å². The number of carbonyl (C=O) groups excluding carboxylic acids is 2. The van der Waals surface area contributed by atoms with Crippen LogP contribution in [0.3, 0.4) is 0 Å². The first-order valence-electron chi connectivity index (χ1n) is 11.2. The third kappa shape index (κ3) is 4.27. The highest BCUT2D eigenvalue weighted by molar-refractivity contribution is 7.10. The standard InChI is InChI=1S/C27H30N2O3S/c1-17(2)16-29-25(23-11-8-14-33-23)24(19-9-6-7-10-20(19)26(29)30)27(31)28(4)21-15-18(3)12-13-22(21)32-5/h6-15,17,24-25H,16H2,1-5H3/t24-,25+/m0/s1. The van der Waals surface area contributed by atoms with E-state index in [0.29, 0.717) is 17.9 Å². The fourth-order valence-electron chi connectivity index (χ4n) is 4.62. The van der Waals surface area contributed by atoms with Gasteiger partial charge in [-0.1, -0.05) is 44.2 Å². The van der Waals surface area contributed by atoms with Gasteiger partial charge in [-0.05, 0) is 53.6 Å². The molecule has 0 spiro atoms. The Morgan fingerprint density at radius 2 is 1.91 bits per heavy atom. The summed E-state index contributed by atoms with van der Waals surface area (Å²) in [4.78, 5) is 32.4. The maximum absolute atomic E-state index is 14.2. The molecule has 0 saturated heterocycles. The number of fused-ring (bicyclic) bond motifs is 1. The van der Waals surface area contributed by atoms with Gasteiger partial charge in [-0.25, -0.2) is 0 Å². The van der Waals surface area contributed by atoms with Gasteiger partial charge >= 0.3 is 0 Å². The van der Waals surface area contributed by atoms with Crippen molar-refractivity contribution in [2.45, 2.75) is 32.7 Å². The predicted molar refractivity (Wildman–Crippen MR) is 133 cm³/mol. The summed E-state index contributed by atoms with van der Waals surface area (Å²) < 4.78 is 5.56. The highest BCUT2D eigenvalue weighted by Gasteiger charge is 2.45. The van der Waals surface area contributed by atoms with E-state index in [0.717, 1.165) is 21.7 Å². The van der Waals surface area contributed by atoms with Gasteiger partial charge in [0, 0.05) is 24.0 Å². The number of carbonyl (C=O) groups is 2. The lowest BCUT2D eigenvalue weighted by Gasteiger charge is -2.43. The Hall–Kier alpha value is -3.12. The molecule has 3 aromatic rings. The van der Waals surface area contributed by atoms with E-state index in [1.165, 1.54) is 0 Å². The minimum Gasteiger partial charge on any atom is -0.495 e. The van der Waals surface area contributed by atoms with E-state index >= 15 is 0 Å². The van der Waals surface area contributed by atoms with E-state index in [4.69, 9.17) is 4.74 Å². The van der Waals surface area contributed by atoms with E-state index in [9.17, 15) is 9.59 Å². The van der Waals surface area contributed by atoms with Crippen LogP contribution in [0, 0.1) is 12.8 Å². The molecule has 0 radical (unpaired) electrons. The quantitative estimate of drug-likeness (QED) is 0.475. The Morgan fingerprint density at radius 1 is 1.15 bits per heavy atom. The van der Waals surface area contributed by atoms with Crippen molar-refractivity contribution in [3.8, 4) is 5.75 Å². The molecule has 0 saturated carbocycles. The van der Waals surface area contributed by atoms with Gasteiger partial charge in [-0.15, -0.1) is 11.3 Å². The molecule has 1 aliphatic rings. The molecule has 0 N–H and O–H groups in total. The highest BCUT2D eigenvalue weighted by atomic mass is 32.1. The number of anilines is 1. The second-order valence-electron chi connectivity index (χ2n) is 8.95. The molecule has 0 fully saturated rings. The first-order chi connectivity index (χ1) is 15.8. The van der Waals surface area contributed by atoms with Gasteiger partial charge in [0.15, 0.2) is 0 Å². The van der Waals surface area contributed by atoms with Crippen LogP contribution in [-0.4, -0.2) is 37.4 Å². The largest absolute Gasteiger partial charge is 0.495 e. The average Bonchev–Trinajstić information content (AvgIpc) is 3.34. The molecule has 5 nitrogen and oxygen atoms in total. The van der Waals surface area contributed by atoms with Crippen molar-refractivity contribution in [3.63, 3.8) is 0 Å². The minimum absolute atomic E-state index is 0.0162.